The van der Waals surface area contributed by atoms with Crippen molar-refractivity contribution in [3.63, 3.8) is 0 Å². The Kier molecular flexibility index (Phi) is 7.46. The average molecular weight is 571 g/mol. The number of fused-ring (bicyclic) bond motifs is 1. The molecule has 3 aliphatic heterocycles. The monoisotopic (exact) mass is 570 g/mol. The molecule has 2 N–H and O–H groups in total. The van der Waals surface area contributed by atoms with Gasteiger partial charge in [-0.05, 0) is 79.3 Å². The number of hydrogen-bond donors (Lipinski definition) is 2. The molecule has 4 aliphatic rings. The fourth-order valence-electron chi connectivity index (χ4n) is 6.85. The number of aliphatic hydroxyl groups is 2. The van der Waals surface area contributed by atoms with Gasteiger partial charge in [-0.15, -0.1) is 10.2 Å². The van der Waals surface area contributed by atoms with Gasteiger partial charge in [0.2, 0.25) is 6.35 Å². The SMILES string of the molecule is C[C@H]1CCCN(CC2=CN3C(=CN(c4cccc([C@H](c5nncn5C)C5CC(CO)C5)c4)C3O)C(C(F)(F)F)=C2)C1. The van der Waals surface area contributed by atoms with Crippen molar-refractivity contribution >= 4 is 5.69 Å². The van der Waals surface area contributed by atoms with Gasteiger partial charge < -0.3 is 24.6 Å². The number of nitrogens with zero attached hydrogens (tertiary/aromatic N) is 6. The molecule has 0 spiro atoms. The van der Waals surface area contributed by atoms with Crippen molar-refractivity contribution in [2.75, 3.05) is 31.1 Å². The third-order valence-corrected chi connectivity index (χ3v) is 8.95. The van der Waals surface area contributed by atoms with E-state index in [0.717, 1.165) is 50.2 Å². The van der Waals surface area contributed by atoms with Crippen LogP contribution in [0.25, 0.3) is 0 Å². The predicted octanol–water partition coefficient (Wildman–Crippen LogP) is 4.32. The summed E-state index contributed by atoms with van der Waals surface area (Å²) in [4.78, 5) is 5.01. The molecule has 2 fully saturated rings. The number of anilines is 1. The summed E-state index contributed by atoms with van der Waals surface area (Å²) >= 11 is 0. The number of alkyl halides is 3. The molecule has 0 amide bonds. The van der Waals surface area contributed by atoms with E-state index in [-0.39, 0.29) is 30.1 Å². The minimum absolute atomic E-state index is 0.0687. The lowest BCUT2D eigenvalue weighted by atomic mass is 9.66. The van der Waals surface area contributed by atoms with Gasteiger partial charge in [0.25, 0.3) is 0 Å². The van der Waals surface area contributed by atoms with Gasteiger partial charge in [0.1, 0.15) is 12.2 Å². The highest BCUT2D eigenvalue weighted by Gasteiger charge is 2.45. The van der Waals surface area contributed by atoms with E-state index < -0.39 is 18.1 Å². The highest BCUT2D eigenvalue weighted by Crippen LogP contribution is 2.47. The number of aryl methyl sites for hydroxylation is 1. The molecule has 1 aliphatic carbocycles. The van der Waals surface area contributed by atoms with Gasteiger partial charge >= 0.3 is 6.18 Å². The molecule has 220 valence electrons. The molecule has 2 aromatic rings. The number of aliphatic hydroxyl groups excluding tert-OH is 2. The van der Waals surface area contributed by atoms with Crippen molar-refractivity contribution in [3.8, 4) is 0 Å². The second kappa shape index (κ2) is 10.9. The Hall–Kier alpha value is -3.15. The minimum Gasteiger partial charge on any atom is -0.396 e. The molecular weight excluding hydrogens is 533 g/mol. The first-order valence-corrected chi connectivity index (χ1v) is 14.4. The number of piperidine rings is 1. The smallest absolute Gasteiger partial charge is 0.396 e. The third kappa shape index (κ3) is 5.42. The largest absolute Gasteiger partial charge is 0.418 e. The number of halogens is 3. The van der Waals surface area contributed by atoms with Crippen LogP contribution in [0.2, 0.25) is 0 Å². The molecule has 1 aromatic carbocycles. The number of benzene rings is 1. The van der Waals surface area contributed by atoms with E-state index in [9.17, 15) is 23.4 Å². The Labute approximate surface area is 238 Å². The van der Waals surface area contributed by atoms with Crippen molar-refractivity contribution in [2.45, 2.75) is 51.1 Å². The van der Waals surface area contributed by atoms with Crippen molar-refractivity contribution < 1.29 is 23.4 Å². The van der Waals surface area contributed by atoms with Crippen molar-refractivity contribution in [1.82, 2.24) is 24.6 Å². The average Bonchev–Trinajstić information content (AvgIpc) is 3.47. The number of hydrogen-bond acceptors (Lipinski definition) is 7. The van der Waals surface area contributed by atoms with Gasteiger partial charge in [0, 0.05) is 50.7 Å². The van der Waals surface area contributed by atoms with E-state index in [1.54, 1.807) is 18.6 Å². The normalized spacial score (nSPS) is 27.6. The van der Waals surface area contributed by atoms with Crippen molar-refractivity contribution in [1.29, 1.82) is 0 Å². The van der Waals surface area contributed by atoms with Crippen LogP contribution in [-0.2, 0) is 7.05 Å². The predicted molar refractivity (Wildman–Crippen MR) is 148 cm³/mol. The Morgan fingerprint density at radius 1 is 1.15 bits per heavy atom. The van der Waals surface area contributed by atoms with E-state index in [1.807, 2.05) is 29.8 Å². The summed E-state index contributed by atoms with van der Waals surface area (Å²) in [5.41, 5.74) is 1.24. The molecule has 1 aromatic heterocycles. The number of rotatable bonds is 7. The fraction of sp³-hybridized carbons (Fsp3) is 0.533. The quantitative estimate of drug-likeness (QED) is 0.513. The molecule has 41 heavy (non-hydrogen) atoms. The van der Waals surface area contributed by atoms with E-state index in [4.69, 9.17) is 0 Å². The Morgan fingerprint density at radius 2 is 1.95 bits per heavy atom. The summed E-state index contributed by atoms with van der Waals surface area (Å²) in [5.74, 6) is 1.71. The molecule has 1 unspecified atom stereocenters. The topological polar surface area (TPSA) is 80.9 Å². The molecule has 8 nitrogen and oxygen atoms in total. The lowest BCUT2D eigenvalue weighted by Gasteiger charge is -2.39. The van der Waals surface area contributed by atoms with Crippen molar-refractivity contribution in [2.24, 2.45) is 24.8 Å². The van der Waals surface area contributed by atoms with Crippen LogP contribution in [0.1, 0.15) is 49.9 Å². The first kappa shape index (κ1) is 28.0. The van der Waals surface area contributed by atoms with Crippen LogP contribution in [-0.4, -0.2) is 73.5 Å². The maximum atomic E-state index is 14.3. The summed E-state index contributed by atoms with van der Waals surface area (Å²) in [6.07, 6.45) is 3.90. The highest BCUT2D eigenvalue weighted by atomic mass is 19.4. The molecule has 11 heteroatoms. The first-order chi connectivity index (χ1) is 19.6. The summed E-state index contributed by atoms with van der Waals surface area (Å²) in [5, 5.41) is 29.4. The van der Waals surface area contributed by atoms with Gasteiger partial charge in [-0.3, -0.25) is 4.90 Å². The molecule has 0 radical (unpaired) electrons. The van der Waals surface area contributed by atoms with Crippen LogP contribution in [0.4, 0.5) is 18.9 Å². The number of allylic oxidation sites excluding steroid dienone is 1. The summed E-state index contributed by atoms with van der Waals surface area (Å²) < 4.78 is 44.8. The second-order valence-electron chi connectivity index (χ2n) is 12.1. The zero-order chi connectivity index (χ0) is 28.9. The summed E-state index contributed by atoms with van der Waals surface area (Å²) in [7, 11) is 1.89. The third-order valence-electron chi connectivity index (χ3n) is 8.95. The molecular formula is C30H37F3N6O2. The van der Waals surface area contributed by atoms with E-state index in [0.29, 0.717) is 23.7 Å². The van der Waals surface area contributed by atoms with Crippen LogP contribution in [0.5, 0.6) is 0 Å². The Bertz CT molecular complexity index is 1360. The number of aromatic nitrogens is 3. The maximum Gasteiger partial charge on any atom is 0.418 e. The van der Waals surface area contributed by atoms with E-state index >= 15 is 0 Å². The van der Waals surface area contributed by atoms with Crippen LogP contribution in [0.3, 0.4) is 0 Å². The minimum atomic E-state index is -4.57. The van der Waals surface area contributed by atoms with Crippen LogP contribution in [0, 0.1) is 17.8 Å². The molecule has 0 bridgehead atoms. The lowest BCUT2D eigenvalue weighted by Crippen LogP contribution is -2.40. The van der Waals surface area contributed by atoms with Gasteiger partial charge in [0.15, 0.2) is 0 Å². The van der Waals surface area contributed by atoms with E-state index in [1.165, 1.54) is 22.1 Å². The zero-order valence-corrected chi connectivity index (χ0v) is 23.4. The Morgan fingerprint density at radius 3 is 2.63 bits per heavy atom. The van der Waals surface area contributed by atoms with Crippen LogP contribution in [0.15, 0.2) is 65.9 Å². The molecule has 3 atom stereocenters. The molecule has 6 rings (SSSR count). The molecule has 4 heterocycles. The van der Waals surface area contributed by atoms with Gasteiger partial charge in [-0.25, -0.2) is 0 Å². The van der Waals surface area contributed by atoms with Gasteiger partial charge in [-0.1, -0.05) is 19.1 Å². The van der Waals surface area contributed by atoms with Gasteiger partial charge in [0.05, 0.1) is 11.3 Å². The van der Waals surface area contributed by atoms with Crippen molar-refractivity contribution in [3.05, 3.63) is 77.3 Å². The zero-order valence-electron chi connectivity index (χ0n) is 23.4. The van der Waals surface area contributed by atoms with Crippen LogP contribution < -0.4 is 4.90 Å². The van der Waals surface area contributed by atoms with Crippen LogP contribution >= 0.6 is 0 Å². The molecule has 1 saturated carbocycles. The lowest BCUT2D eigenvalue weighted by molar-refractivity contribution is -0.0924. The van der Waals surface area contributed by atoms with Gasteiger partial charge in [-0.2, -0.15) is 13.2 Å². The Balaban J connectivity index is 1.31. The standard InChI is InChI=1S/C30H37F3N6O2/c1-19-5-4-8-37(13-19)14-21-11-25(30(31,32)33)26-16-38(29(41)39(26)15-21)24-7-3-6-22(12-24)27(23-9-20(10-23)17-40)28-35-34-18-36(28)2/h3,6-7,11-12,15-16,18-20,23,27,29,40-41H,4-5,8-10,13-14,17H2,1-2H3/t19-,20?,23?,27-,29?/m0/s1. The van der Waals surface area contributed by atoms with E-state index in [2.05, 4.69) is 22.0 Å². The fourth-order valence-corrected chi connectivity index (χ4v) is 6.85. The highest BCUT2D eigenvalue weighted by molar-refractivity contribution is 5.59. The first-order valence-electron chi connectivity index (χ1n) is 14.4. The molecule has 1 saturated heterocycles. The summed E-state index contributed by atoms with van der Waals surface area (Å²) in [6.45, 7) is 4.43. The second-order valence-corrected chi connectivity index (χ2v) is 12.1. The summed E-state index contributed by atoms with van der Waals surface area (Å²) in [6, 6.07) is 7.56. The number of likely N-dealkylation sites (tertiary alicyclic amines) is 1. The maximum absolute atomic E-state index is 14.3.